The van der Waals surface area contributed by atoms with E-state index in [0.717, 1.165) is 30.1 Å². The Morgan fingerprint density at radius 3 is 1.96 bits per heavy atom. The van der Waals surface area contributed by atoms with E-state index in [1.165, 1.54) is 63.4 Å². The van der Waals surface area contributed by atoms with Crippen LogP contribution >= 0.6 is 0 Å². The molecule has 1 aromatic rings. The van der Waals surface area contributed by atoms with Crippen molar-refractivity contribution in [2.24, 2.45) is 23.7 Å². The van der Waals surface area contributed by atoms with Crippen molar-refractivity contribution in [2.45, 2.75) is 71.1 Å². The topological polar surface area (TPSA) is 0 Å². The molecule has 1 aromatic carbocycles. The van der Waals surface area contributed by atoms with E-state index < -0.39 is 0 Å². The van der Waals surface area contributed by atoms with Crippen molar-refractivity contribution < 1.29 is 4.39 Å². The van der Waals surface area contributed by atoms with Gasteiger partial charge < -0.3 is 0 Å². The van der Waals surface area contributed by atoms with Gasteiger partial charge in [-0.1, -0.05) is 44.1 Å². The quantitative estimate of drug-likeness (QED) is 0.513. The molecule has 0 atom stereocenters. The Kier molecular flexibility index (Phi) is 6.51. The third kappa shape index (κ3) is 5.46. The van der Waals surface area contributed by atoms with Crippen LogP contribution in [-0.4, -0.2) is 0 Å². The van der Waals surface area contributed by atoms with Crippen molar-refractivity contribution in [1.82, 2.24) is 0 Å². The van der Waals surface area contributed by atoms with Gasteiger partial charge in [-0.25, -0.2) is 4.39 Å². The van der Waals surface area contributed by atoms with Crippen molar-refractivity contribution >= 4 is 0 Å². The lowest BCUT2D eigenvalue weighted by Gasteiger charge is -2.28. The van der Waals surface area contributed by atoms with Crippen LogP contribution in [0, 0.1) is 29.5 Å². The fourth-order valence-electron chi connectivity index (χ4n) is 4.48. The normalized spacial score (nSPS) is 31.4. The molecule has 0 amide bonds. The predicted octanol–water partition coefficient (Wildman–Crippen LogP) is 6.95. The first kappa shape index (κ1) is 17.7. The van der Waals surface area contributed by atoms with Gasteiger partial charge >= 0.3 is 0 Å². The fourth-order valence-corrected chi connectivity index (χ4v) is 4.48. The lowest BCUT2D eigenvalue weighted by Crippen LogP contribution is -2.15. The number of hydrogen-bond donors (Lipinski definition) is 0. The van der Waals surface area contributed by atoms with Crippen LogP contribution in [-0.2, 0) is 6.42 Å². The van der Waals surface area contributed by atoms with Crippen LogP contribution < -0.4 is 0 Å². The summed E-state index contributed by atoms with van der Waals surface area (Å²) < 4.78 is 12.9. The summed E-state index contributed by atoms with van der Waals surface area (Å²) in [5, 5.41) is 0. The third-order valence-electron chi connectivity index (χ3n) is 6.36. The predicted molar refractivity (Wildman–Crippen MR) is 100 cm³/mol. The van der Waals surface area contributed by atoms with Crippen molar-refractivity contribution in [1.29, 1.82) is 0 Å². The molecule has 0 bridgehead atoms. The molecule has 0 aliphatic heterocycles. The molecule has 0 aromatic heterocycles. The van der Waals surface area contributed by atoms with E-state index in [1.807, 2.05) is 12.1 Å². The van der Waals surface area contributed by atoms with E-state index >= 15 is 0 Å². The largest absolute Gasteiger partial charge is 0.207 e. The molecule has 0 nitrogen and oxygen atoms in total. The van der Waals surface area contributed by atoms with Crippen molar-refractivity contribution in [2.75, 3.05) is 0 Å². The summed E-state index contributed by atoms with van der Waals surface area (Å²) in [6, 6.07) is 7.05. The lowest BCUT2D eigenvalue weighted by molar-refractivity contribution is 0.293. The second-order valence-electron chi connectivity index (χ2n) is 8.35. The molecule has 24 heavy (non-hydrogen) atoms. The molecule has 0 saturated heterocycles. The zero-order valence-corrected chi connectivity index (χ0v) is 15.2. The highest BCUT2D eigenvalue weighted by molar-refractivity contribution is 5.16. The number of aryl methyl sites for hydroxylation is 1. The molecule has 0 spiro atoms. The first-order valence-electron chi connectivity index (χ1n) is 10.1. The van der Waals surface area contributed by atoms with Crippen molar-refractivity contribution in [3.63, 3.8) is 0 Å². The summed E-state index contributed by atoms with van der Waals surface area (Å²) in [7, 11) is 0. The summed E-state index contributed by atoms with van der Waals surface area (Å²) in [6.45, 7) is 2.40. The average Bonchev–Trinajstić information content (AvgIpc) is 2.62. The summed E-state index contributed by atoms with van der Waals surface area (Å²) in [5.74, 6) is 3.38. The first-order valence-corrected chi connectivity index (χ1v) is 10.1. The summed E-state index contributed by atoms with van der Waals surface area (Å²) in [6.07, 6.45) is 18.6. The van der Waals surface area contributed by atoms with Crippen molar-refractivity contribution in [3.8, 4) is 0 Å². The zero-order chi connectivity index (χ0) is 16.8. The SMILES string of the molecule is C[C@H]1CC[C@H](/C=C/[C@H]2CC[C@H](CCc3ccc(F)cc3)CC2)CC1. The van der Waals surface area contributed by atoms with Crippen LogP contribution in [0.5, 0.6) is 0 Å². The van der Waals surface area contributed by atoms with E-state index in [-0.39, 0.29) is 5.82 Å². The molecular weight excluding hydrogens is 295 g/mol. The number of hydrogen-bond acceptors (Lipinski definition) is 0. The van der Waals surface area contributed by atoms with Gasteiger partial charge in [0.15, 0.2) is 0 Å². The number of halogens is 1. The van der Waals surface area contributed by atoms with Gasteiger partial charge in [0, 0.05) is 0 Å². The maximum Gasteiger partial charge on any atom is 0.123 e. The lowest BCUT2D eigenvalue weighted by atomic mass is 9.78. The highest BCUT2D eigenvalue weighted by Gasteiger charge is 2.20. The second-order valence-corrected chi connectivity index (χ2v) is 8.35. The minimum absolute atomic E-state index is 0.126. The molecule has 0 N–H and O–H groups in total. The monoisotopic (exact) mass is 328 g/mol. The van der Waals surface area contributed by atoms with E-state index in [0.29, 0.717) is 0 Å². The Bertz CT molecular complexity index is 499. The molecule has 1 heteroatoms. The highest BCUT2D eigenvalue weighted by atomic mass is 19.1. The van der Waals surface area contributed by atoms with E-state index in [4.69, 9.17) is 0 Å². The smallest absolute Gasteiger partial charge is 0.123 e. The van der Waals surface area contributed by atoms with Gasteiger partial charge in [0.2, 0.25) is 0 Å². The molecule has 0 unspecified atom stereocenters. The molecule has 3 rings (SSSR count). The third-order valence-corrected chi connectivity index (χ3v) is 6.36. The minimum atomic E-state index is -0.126. The Morgan fingerprint density at radius 2 is 1.38 bits per heavy atom. The van der Waals surface area contributed by atoms with Crippen LogP contribution in [0.1, 0.15) is 70.3 Å². The maximum atomic E-state index is 12.9. The van der Waals surface area contributed by atoms with Crippen LogP contribution in [0.2, 0.25) is 0 Å². The summed E-state index contributed by atoms with van der Waals surface area (Å²) >= 11 is 0. The van der Waals surface area contributed by atoms with Crippen LogP contribution in [0.15, 0.2) is 36.4 Å². The highest BCUT2D eigenvalue weighted by Crippen LogP contribution is 2.34. The molecular formula is C23H33F. The second kappa shape index (κ2) is 8.83. The Balaban J connectivity index is 1.35. The van der Waals surface area contributed by atoms with Gasteiger partial charge in [0.25, 0.3) is 0 Å². The zero-order valence-electron chi connectivity index (χ0n) is 15.2. The van der Waals surface area contributed by atoms with Crippen molar-refractivity contribution in [3.05, 3.63) is 47.8 Å². The molecule has 2 saturated carbocycles. The Morgan fingerprint density at radius 1 is 0.833 bits per heavy atom. The standard InChI is InChI=1S/C23H33F/c1-18-2-4-19(5-3-18)6-7-20-8-10-21(11-9-20)12-13-22-14-16-23(24)17-15-22/h6-7,14-21H,2-5,8-13H2,1H3/b7-6+/t18-,19-,20-,21-. The minimum Gasteiger partial charge on any atom is -0.207 e. The Hall–Kier alpha value is -1.11. The van der Waals surface area contributed by atoms with E-state index in [2.05, 4.69) is 19.1 Å². The van der Waals surface area contributed by atoms with Gasteiger partial charge in [-0.15, -0.1) is 0 Å². The molecule has 2 aliphatic rings. The fraction of sp³-hybridized carbons (Fsp3) is 0.652. The van der Waals surface area contributed by atoms with Crippen LogP contribution in [0.25, 0.3) is 0 Å². The average molecular weight is 329 g/mol. The maximum absolute atomic E-state index is 12.9. The Labute approximate surface area is 147 Å². The molecule has 0 heterocycles. The number of allylic oxidation sites excluding steroid dienone is 2. The van der Waals surface area contributed by atoms with Crippen LogP contribution in [0.4, 0.5) is 4.39 Å². The number of rotatable bonds is 5. The van der Waals surface area contributed by atoms with Gasteiger partial charge in [-0.05, 0) is 92.7 Å². The summed E-state index contributed by atoms with van der Waals surface area (Å²) in [5.41, 5.74) is 1.28. The van der Waals surface area contributed by atoms with Gasteiger partial charge in [-0.2, -0.15) is 0 Å². The van der Waals surface area contributed by atoms with Gasteiger partial charge in [-0.3, -0.25) is 0 Å². The van der Waals surface area contributed by atoms with E-state index in [1.54, 1.807) is 12.1 Å². The number of benzene rings is 1. The molecule has 132 valence electrons. The summed E-state index contributed by atoms with van der Waals surface area (Å²) in [4.78, 5) is 0. The van der Waals surface area contributed by atoms with Crippen LogP contribution in [0.3, 0.4) is 0 Å². The molecule has 2 aliphatic carbocycles. The van der Waals surface area contributed by atoms with Gasteiger partial charge in [0.05, 0.1) is 0 Å². The van der Waals surface area contributed by atoms with Gasteiger partial charge in [0.1, 0.15) is 5.82 Å². The first-order chi connectivity index (χ1) is 11.7. The molecule has 2 fully saturated rings. The molecule has 0 radical (unpaired) electrons. The van der Waals surface area contributed by atoms with E-state index in [9.17, 15) is 4.39 Å².